The predicted octanol–water partition coefficient (Wildman–Crippen LogP) is 2.21. The van der Waals surface area contributed by atoms with Crippen molar-refractivity contribution < 1.29 is 22.7 Å². The Morgan fingerprint density at radius 1 is 1.11 bits per heavy atom. The van der Waals surface area contributed by atoms with E-state index < -0.39 is 28.5 Å². The van der Waals surface area contributed by atoms with Crippen LogP contribution >= 0.6 is 11.6 Å². The van der Waals surface area contributed by atoms with E-state index in [1.54, 1.807) is 37.4 Å². The van der Waals surface area contributed by atoms with E-state index in [-0.39, 0.29) is 17.9 Å². The van der Waals surface area contributed by atoms with E-state index in [0.717, 1.165) is 0 Å². The van der Waals surface area contributed by atoms with Gasteiger partial charge in [-0.2, -0.15) is 0 Å². The van der Waals surface area contributed by atoms with Crippen LogP contribution in [0.4, 0.5) is 5.69 Å². The molecule has 2 rings (SSSR count). The molecule has 2 aromatic carbocycles. The third-order valence-corrected chi connectivity index (χ3v) is 5.30. The molecule has 27 heavy (non-hydrogen) atoms. The summed E-state index contributed by atoms with van der Waals surface area (Å²) in [4.78, 5) is 25.1. The minimum absolute atomic E-state index is 0.00281. The molecule has 0 heterocycles. The van der Waals surface area contributed by atoms with Crippen molar-refractivity contribution in [2.24, 2.45) is 0 Å². The number of carbonyl (C=O) groups is 2. The number of nitrogens with one attached hydrogen (secondary N) is 1. The van der Waals surface area contributed by atoms with E-state index in [0.29, 0.717) is 10.7 Å². The number of ether oxygens (including phenoxy) is 1. The zero-order valence-corrected chi connectivity index (χ0v) is 16.2. The van der Waals surface area contributed by atoms with Gasteiger partial charge in [0.05, 0.1) is 11.3 Å². The van der Waals surface area contributed by atoms with Gasteiger partial charge >= 0.3 is 5.97 Å². The summed E-state index contributed by atoms with van der Waals surface area (Å²) in [6.45, 7) is -0.582. The number of likely N-dealkylation sites (N-methyl/N-ethyl adjacent to an activating group) is 1. The summed E-state index contributed by atoms with van der Waals surface area (Å²) in [6.07, 6.45) is -0.206. The van der Waals surface area contributed by atoms with Gasteiger partial charge in [0.1, 0.15) is 0 Å². The number of hydrogen-bond acceptors (Lipinski definition) is 5. The molecule has 0 aromatic heterocycles. The second-order valence-electron chi connectivity index (χ2n) is 5.55. The first-order valence-corrected chi connectivity index (χ1v) is 9.88. The molecule has 9 heteroatoms. The number of rotatable bonds is 8. The van der Waals surface area contributed by atoms with Crippen LogP contribution in [0.15, 0.2) is 59.5 Å². The summed E-state index contributed by atoms with van der Waals surface area (Å²) < 4.78 is 31.4. The lowest BCUT2D eigenvalue weighted by Gasteiger charge is -2.17. The average molecular weight is 411 g/mol. The van der Waals surface area contributed by atoms with Gasteiger partial charge < -0.3 is 9.64 Å². The Labute approximate surface area is 162 Å². The molecule has 0 radical (unpaired) electrons. The highest BCUT2D eigenvalue weighted by Gasteiger charge is 2.16. The van der Waals surface area contributed by atoms with E-state index in [1.165, 1.54) is 23.1 Å². The maximum absolute atomic E-state index is 12.1. The Morgan fingerprint density at radius 3 is 2.48 bits per heavy atom. The summed E-state index contributed by atoms with van der Waals surface area (Å²) in [5.74, 6) is -1.08. The molecule has 144 valence electrons. The molecule has 0 aliphatic carbocycles. The summed E-state index contributed by atoms with van der Waals surface area (Å²) in [5.41, 5.74) is 0.674. The molecule has 0 bridgehead atoms. The van der Waals surface area contributed by atoms with Crippen molar-refractivity contribution in [3.8, 4) is 0 Å². The molecule has 0 fully saturated rings. The molecular formula is C18H19ClN2O5S. The van der Waals surface area contributed by atoms with E-state index >= 15 is 0 Å². The van der Waals surface area contributed by atoms with E-state index in [4.69, 9.17) is 16.3 Å². The number of para-hydroxylation sites is 1. The van der Waals surface area contributed by atoms with Gasteiger partial charge in [0.25, 0.3) is 5.91 Å². The van der Waals surface area contributed by atoms with Crippen LogP contribution in [-0.4, -0.2) is 40.5 Å². The summed E-state index contributed by atoms with van der Waals surface area (Å²) >= 11 is 5.77. The van der Waals surface area contributed by atoms with Crippen LogP contribution in [0.1, 0.15) is 6.42 Å². The molecule has 0 atom stereocenters. The fourth-order valence-electron chi connectivity index (χ4n) is 2.11. The van der Waals surface area contributed by atoms with Gasteiger partial charge in [-0.15, -0.1) is 0 Å². The van der Waals surface area contributed by atoms with E-state index in [1.807, 2.05) is 6.07 Å². The third-order valence-electron chi connectivity index (χ3n) is 3.60. The zero-order valence-electron chi connectivity index (χ0n) is 14.6. The van der Waals surface area contributed by atoms with Crippen LogP contribution in [0.2, 0.25) is 5.02 Å². The molecule has 1 N–H and O–H groups in total. The van der Waals surface area contributed by atoms with E-state index in [2.05, 4.69) is 4.72 Å². The standard InChI is InChI=1S/C18H19ClN2O5S/c1-21(15-7-3-2-4-8-15)17(22)13-26-18(23)10-11-20-27(24,25)16-9-5-6-14(19)12-16/h2-9,12,20H,10-11,13H2,1H3. The molecule has 0 aliphatic heterocycles. The van der Waals surface area contributed by atoms with Crippen molar-refractivity contribution >= 4 is 39.2 Å². The molecule has 0 saturated carbocycles. The first-order valence-electron chi connectivity index (χ1n) is 8.02. The van der Waals surface area contributed by atoms with Crippen molar-refractivity contribution in [1.82, 2.24) is 4.72 Å². The maximum atomic E-state index is 12.1. The minimum atomic E-state index is -3.78. The summed E-state index contributed by atoms with van der Waals surface area (Å²) in [5, 5.41) is 0.290. The van der Waals surface area contributed by atoms with Crippen LogP contribution in [-0.2, 0) is 24.3 Å². The van der Waals surface area contributed by atoms with Gasteiger partial charge in [-0.1, -0.05) is 35.9 Å². The number of anilines is 1. The number of sulfonamides is 1. The second-order valence-corrected chi connectivity index (χ2v) is 7.76. The molecule has 0 spiro atoms. The third kappa shape index (κ3) is 6.35. The summed E-state index contributed by atoms with van der Waals surface area (Å²) in [6, 6.07) is 14.7. The highest BCUT2D eigenvalue weighted by Crippen LogP contribution is 2.15. The largest absolute Gasteiger partial charge is 0.456 e. The van der Waals surface area contributed by atoms with Crippen molar-refractivity contribution in [3.63, 3.8) is 0 Å². The van der Waals surface area contributed by atoms with Gasteiger partial charge in [0.2, 0.25) is 10.0 Å². The summed E-state index contributed by atoms with van der Waals surface area (Å²) in [7, 11) is -2.20. The van der Waals surface area contributed by atoms with Gasteiger partial charge in [0, 0.05) is 24.3 Å². The molecule has 0 saturated heterocycles. The zero-order chi connectivity index (χ0) is 19.9. The highest BCUT2D eigenvalue weighted by atomic mass is 35.5. The molecule has 2 aromatic rings. The normalized spacial score (nSPS) is 11.0. The Bertz CT molecular complexity index is 903. The van der Waals surface area contributed by atoms with Crippen LogP contribution in [0.3, 0.4) is 0 Å². The fraction of sp³-hybridized carbons (Fsp3) is 0.222. The molecular weight excluding hydrogens is 392 g/mol. The molecule has 0 unspecified atom stereocenters. The number of amides is 1. The highest BCUT2D eigenvalue weighted by molar-refractivity contribution is 7.89. The lowest BCUT2D eigenvalue weighted by atomic mass is 10.3. The smallest absolute Gasteiger partial charge is 0.307 e. The van der Waals surface area contributed by atoms with Gasteiger partial charge in [-0.05, 0) is 30.3 Å². The van der Waals surface area contributed by atoms with Gasteiger partial charge in [-0.25, -0.2) is 13.1 Å². The van der Waals surface area contributed by atoms with Crippen molar-refractivity contribution in [2.75, 3.05) is 25.1 Å². The van der Waals surface area contributed by atoms with Crippen molar-refractivity contribution in [2.45, 2.75) is 11.3 Å². The van der Waals surface area contributed by atoms with Crippen LogP contribution in [0.5, 0.6) is 0 Å². The SMILES string of the molecule is CN(C(=O)COC(=O)CCNS(=O)(=O)c1cccc(Cl)c1)c1ccccc1. The topological polar surface area (TPSA) is 92.8 Å². The number of nitrogens with zero attached hydrogens (tertiary/aromatic N) is 1. The second kappa shape index (κ2) is 9.50. The fourth-order valence-corrected chi connectivity index (χ4v) is 3.44. The Kier molecular flexibility index (Phi) is 7.35. The van der Waals surface area contributed by atoms with Gasteiger partial charge in [-0.3, -0.25) is 9.59 Å². The quantitative estimate of drug-likeness (QED) is 0.673. The van der Waals surface area contributed by atoms with Crippen molar-refractivity contribution in [1.29, 1.82) is 0 Å². The Hall–Kier alpha value is -2.42. The molecule has 7 nitrogen and oxygen atoms in total. The first kappa shape index (κ1) is 20.9. The van der Waals surface area contributed by atoms with Gasteiger partial charge in [0.15, 0.2) is 6.61 Å². The number of hydrogen-bond donors (Lipinski definition) is 1. The lowest BCUT2D eigenvalue weighted by molar-refractivity contribution is -0.147. The minimum Gasteiger partial charge on any atom is -0.456 e. The lowest BCUT2D eigenvalue weighted by Crippen LogP contribution is -2.32. The Morgan fingerprint density at radius 2 is 1.81 bits per heavy atom. The maximum Gasteiger partial charge on any atom is 0.307 e. The first-order chi connectivity index (χ1) is 12.8. The number of benzene rings is 2. The van der Waals surface area contributed by atoms with Crippen LogP contribution in [0.25, 0.3) is 0 Å². The predicted molar refractivity (Wildman–Crippen MR) is 102 cm³/mol. The monoisotopic (exact) mass is 410 g/mol. The average Bonchev–Trinajstić information content (AvgIpc) is 2.66. The van der Waals surface area contributed by atoms with E-state index in [9.17, 15) is 18.0 Å². The number of carbonyl (C=O) groups excluding carboxylic acids is 2. The number of halogens is 1. The molecule has 0 aliphatic rings. The van der Waals surface area contributed by atoms with Crippen LogP contribution in [0, 0.1) is 0 Å². The Balaban J connectivity index is 1.77. The van der Waals surface area contributed by atoms with Crippen LogP contribution < -0.4 is 9.62 Å². The number of esters is 1. The van der Waals surface area contributed by atoms with Crippen molar-refractivity contribution in [3.05, 3.63) is 59.6 Å². The molecule has 1 amide bonds.